The minimum absolute atomic E-state index is 0.666. The van der Waals surface area contributed by atoms with Crippen LogP contribution in [0, 0.1) is 6.92 Å². The van der Waals surface area contributed by atoms with Crippen LogP contribution in [0.4, 0.5) is 0 Å². The van der Waals surface area contributed by atoms with Crippen molar-refractivity contribution in [1.29, 1.82) is 0 Å². The van der Waals surface area contributed by atoms with Gasteiger partial charge in [-0.1, -0.05) is 24.6 Å². The van der Waals surface area contributed by atoms with Gasteiger partial charge in [0.15, 0.2) is 0 Å². The van der Waals surface area contributed by atoms with E-state index in [1.807, 2.05) is 0 Å². The maximum atomic E-state index is 3.63. The summed E-state index contributed by atoms with van der Waals surface area (Å²) in [6.45, 7) is 5.53. The number of H-pyrrole nitrogens is 1. The zero-order chi connectivity index (χ0) is 13.9. The third kappa shape index (κ3) is 2.89. The van der Waals surface area contributed by atoms with E-state index in [2.05, 4.69) is 53.4 Å². The number of aromatic nitrogens is 1. The van der Waals surface area contributed by atoms with Gasteiger partial charge in [0.1, 0.15) is 0 Å². The zero-order valence-electron chi connectivity index (χ0n) is 12.6. The summed E-state index contributed by atoms with van der Waals surface area (Å²) in [5.41, 5.74) is 4.00. The molecule has 0 spiro atoms. The highest BCUT2D eigenvalue weighted by atomic mass is 15.1. The Hall–Kier alpha value is -1.32. The number of rotatable bonds is 4. The number of hydrogen-bond donors (Lipinski definition) is 2. The number of likely N-dealkylation sites (N-methyl/N-ethyl adjacent to an activating group) is 1. The number of nitrogens with zero attached hydrogens (tertiary/aromatic N) is 1. The van der Waals surface area contributed by atoms with Crippen LogP contribution < -0.4 is 5.32 Å². The fourth-order valence-electron chi connectivity index (χ4n) is 3.33. The first-order chi connectivity index (χ1) is 9.74. The molecule has 0 radical (unpaired) electrons. The van der Waals surface area contributed by atoms with Gasteiger partial charge in [-0.2, -0.15) is 0 Å². The van der Waals surface area contributed by atoms with Crippen LogP contribution in [0.1, 0.15) is 30.5 Å². The summed E-state index contributed by atoms with van der Waals surface area (Å²) in [7, 11) is 2.23. The van der Waals surface area contributed by atoms with E-state index < -0.39 is 0 Å². The predicted octanol–water partition coefficient (Wildman–Crippen LogP) is 3.05. The normalized spacial score (nSPS) is 19.9. The third-order valence-corrected chi connectivity index (χ3v) is 4.40. The second-order valence-corrected chi connectivity index (χ2v) is 6.12. The number of aryl methyl sites for hydroxylation is 1. The molecule has 3 rings (SSSR count). The van der Waals surface area contributed by atoms with Crippen molar-refractivity contribution in [2.75, 3.05) is 20.1 Å². The lowest BCUT2D eigenvalue weighted by atomic mass is 10.0. The van der Waals surface area contributed by atoms with Crippen molar-refractivity contribution in [3.63, 3.8) is 0 Å². The molecule has 3 heteroatoms. The van der Waals surface area contributed by atoms with E-state index in [0.717, 1.165) is 13.1 Å². The Morgan fingerprint density at radius 1 is 1.25 bits per heavy atom. The minimum Gasteiger partial charge on any atom is -0.358 e. The van der Waals surface area contributed by atoms with Crippen LogP contribution in [0.25, 0.3) is 10.9 Å². The molecule has 2 aromatic rings. The fraction of sp³-hybridized carbons (Fsp3) is 0.529. The topological polar surface area (TPSA) is 31.1 Å². The van der Waals surface area contributed by atoms with Crippen LogP contribution in [0.3, 0.4) is 0 Å². The number of nitrogens with one attached hydrogen (secondary N) is 2. The largest absolute Gasteiger partial charge is 0.358 e. The number of fused-ring (bicyclic) bond motifs is 1. The van der Waals surface area contributed by atoms with Crippen molar-refractivity contribution in [1.82, 2.24) is 15.2 Å². The molecule has 1 unspecified atom stereocenters. The zero-order valence-corrected chi connectivity index (χ0v) is 12.6. The van der Waals surface area contributed by atoms with Gasteiger partial charge in [-0.3, -0.25) is 0 Å². The van der Waals surface area contributed by atoms with E-state index in [9.17, 15) is 0 Å². The molecule has 0 aliphatic carbocycles. The number of para-hydroxylation sites is 1. The molecule has 3 nitrogen and oxygen atoms in total. The Bertz CT molecular complexity index is 567. The Balaban J connectivity index is 1.70. The average Bonchev–Trinajstić information content (AvgIpc) is 2.76. The number of hydrogen-bond acceptors (Lipinski definition) is 2. The average molecular weight is 271 g/mol. The molecule has 1 aliphatic heterocycles. The number of aromatic amines is 1. The van der Waals surface area contributed by atoms with Crippen molar-refractivity contribution >= 4 is 10.9 Å². The molecule has 1 fully saturated rings. The molecule has 1 atom stereocenters. The first-order valence-corrected chi connectivity index (χ1v) is 7.72. The van der Waals surface area contributed by atoms with Crippen LogP contribution in [0.2, 0.25) is 0 Å². The predicted molar refractivity (Wildman–Crippen MR) is 85.0 cm³/mol. The van der Waals surface area contributed by atoms with Crippen LogP contribution in [0.5, 0.6) is 0 Å². The molecule has 2 N–H and O–H groups in total. The fourth-order valence-corrected chi connectivity index (χ4v) is 3.33. The van der Waals surface area contributed by atoms with Crippen molar-refractivity contribution in [3.05, 3.63) is 35.5 Å². The SMILES string of the molecule is Cc1[nH]c2ccccc2c1CN(C)CC1CCCCN1. The number of benzene rings is 1. The molecule has 0 bridgehead atoms. The van der Waals surface area contributed by atoms with E-state index in [0.29, 0.717) is 6.04 Å². The molecule has 0 amide bonds. The summed E-state index contributed by atoms with van der Waals surface area (Å²) in [5.74, 6) is 0. The molecule has 108 valence electrons. The van der Waals surface area contributed by atoms with E-state index in [1.54, 1.807) is 0 Å². The summed E-state index contributed by atoms with van der Waals surface area (Å²) >= 11 is 0. The van der Waals surface area contributed by atoms with Crippen molar-refractivity contribution in [3.8, 4) is 0 Å². The lowest BCUT2D eigenvalue weighted by molar-refractivity contribution is 0.257. The smallest absolute Gasteiger partial charge is 0.0459 e. The molecule has 1 aromatic carbocycles. The second kappa shape index (κ2) is 5.98. The molecular formula is C17H25N3. The van der Waals surface area contributed by atoms with Crippen molar-refractivity contribution in [2.45, 2.75) is 38.8 Å². The molecule has 2 heterocycles. The highest BCUT2D eigenvalue weighted by molar-refractivity contribution is 5.84. The van der Waals surface area contributed by atoms with Gasteiger partial charge in [0, 0.05) is 35.7 Å². The molecular weight excluding hydrogens is 246 g/mol. The van der Waals surface area contributed by atoms with Crippen molar-refractivity contribution < 1.29 is 0 Å². The van der Waals surface area contributed by atoms with Gasteiger partial charge in [0.2, 0.25) is 0 Å². The Kier molecular flexibility index (Phi) is 4.08. The Morgan fingerprint density at radius 2 is 2.10 bits per heavy atom. The summed E-state index contributed by atoms with van der Waals surface area (Å²) in [6, 6.07) is 9.27. The second-order valence-electron chi connectivity index (χ2n) is 6.12. The van der Waals surface area contributed by atoms with Crippen LogP contribution in [-0.4, -0.2) is 36.1 Å². The minimum atomic E-state index is 0.666. The molecule has 20 heavy (non-hydrogen) atoms. The van der Waals surface area contributed by atoms with Gasteiger partial charge in [-0.15, -0.1) is 0 Å². The maximum absolute atomic E-state index is 3.63. The lowest BCUT2D eigenvalue weighted by Crippen LogP contribution is -2.42. The first-order valence-electron chi connectivity index (χ1n) is 7.72. The summed E-state index contributed by atoms with van der Waals surface area (Å²) in [6.07, 6.45) is 4.02. The Labute approximate surface area is 121 Å². The van der Waals surface area contributed by atoms with Crippen molar-refractivity contribution in [2.24, 2.45) is 0 Å². The molecule has 1 aromatic heterocycles. The summed E-state index contributed by atoms with van der Waals surface area (Å²) in [4.78, 5) is 5.94. The molecule has 0 saturated carbocycles. The van der Waals surface area contributed by atoms with Gasteiger partial charge in [0.25, 0.3) is 0 Å². The standard InChI is InChI=1S/C17H25N3/c1-13-16(15-8-3-4-9-17(15)19-13)12-20(2)11-14-7-5-6-10-18-14/h3-4,8-9,14,18-19H,5-7,10-12H2,1-2H3. The third-order valence-electron chi connectivity index (χ3n) is 4.40. The van der Waals surface area contributed by atoms with Gasteiger partial charge in [-0.05, 0) is 45.0 Å². The van der Waals surface area contributed by atoms with Crippen LogP contribution >= 0.6 is 0 Å². The van der Waals surface area contributed by atoms with Crippen LogP contribution in [-0.2, 0) is 6.54 Å². The van der Waals surface area contributed by atoms with E-state index in [-0.39, 0.29) is 0 Å². The van der Waals surface area contributed by atoms with Crippen LogP contribution in [0.15, 0.2) is 24.3 Å². The van der Waals surface area contributed by atoms with Gasteiger partial charge < -0.3 is 15.2 Å². The van der Waals surface area contributed by atoms with Gasteiger partial charge in [-0.25, -0.2) is 0 Å². The monoisotopic (exact) mass is 271 g/mol. The maximum Gasteiger partial charge on any atom is 0.0459 e. The first kappa shape index (κ1) is 13.7. The summed E-state index contributed by atoms with van der Waals surface area (Å²) < 4.78 is 0. The molecule has 1 saturated heterocycles. The number of piperidine rings is 1. The van der Waals surface area contributed by atoms with E-state index in [4.69, 9.17) is 0 Å². The quantitative estimate of drug-likeness (QED) is 0.895. The lowest BCUT2D eigenvalue weighted by Gasteiger charge is -2.28. The molecule has 1 aliphatic rings. The van der Waals surface area contributed by atoms with Gasteiger partial charge in [0.05, 0.1) is 0 Å². The van der Waals surface area contributed by atoms with E-state index in [1.165, 1.54) is 48.0 Å². The highest BCUT2D eigenvalue weighted by Gasteiger charge is 2.16. The van der Waals surface area contributed by atoms with Gasteiger partial charge >= 0.3 is 0 Å². The highest BCUT2D eigenvalue weighted by Crippen LogP contribution is 2.23. The van der Waals surface area contributed by atoms with E-state index >= 15 is 0 Å². The summed E-state index contributed by atoms with van der Waals surface area (Å²) in [5, 5.41) is 5.00. The Morgan fingerprint density at radius 3 is 2.90 bits per heavy atom.